The predicted octanol–water partition coefficient (Wildman–Crippen LogP) is 4.20. The molecule has 0 aliphatic rings. The summed E-state index contributed by atoms with van der Waals surface area (Å²) in [5.74, 6) is 0.510. The van der Waals surface area contributed by atoms with Gasteiger partial charge in [0, 0.05) is 11.6 Å². The van der Waals surface area contributed by atoms with E-state index in [1.807, 2.05) is 38.1 Å². The Kier molecular flexibility index (Phi) is 4.17. The Hall–Kier alpha value is -1.87. The van der Waals surface area contributed by atoms with Gasteiger partial charge in [0.15, 0.2) is 11.6 Å². The monoisotopic (exact) mass is 259 g/mol. The van der Waals surface area contributed by atoms with E-state index in [4.69, 9.17) is 10.5 Å². The highest BCUT2D eigenvalue weighted by molar-refractivity contribution is 5.43. The van der Waals surface area contributed by atoms with E-state index in [0.717, 1.165) is 12.0 Å². The van der Waals surface area contributed by atoms with Crippen molar-refractivity contribution in [3.05, 3.63) is 59.4 Å². The van der Waals surface area contributed by atoms with Gasteiger partial charge in [0.25, 0.3) is 0 Å². The molecule has 0 heterocycles. The molecule has 0 saturated carbocycles. The molecule has 1 atom stereocenters. The van der Waals surface area contributed by atoms with Crippen LogP contribution in [0.1, 0.15) is 31.0 Å². The number of benzene rings is 2. The zero-order valence-corrected chi connectivity index (χ0v) is 11.2. The minimum absolute atomic E-state index is 0.221. The Bertz CT molecular complexity index is 566. The molecule has 2 aromatic carbocycles. The van der Waals surface area contributed by atoms with Gasteiger partial charge in [-0.25, -0.2) is 4.39 Å². The fourth-order valence-corrected chi connectivity index (χ4v) is 2.00. The summed E-state index contributed by atoms with van der Waals surface area (Å²) in [5.41, 5.74) is 7.58. The quantitative estimate of drug-likeness (QED) is 0.893. The van der Waals surface area contributed by atoms with Gasteiger partial charge in [-0.15, -0.1) is 0 Å². The Morgan fingerprint density at radius 3 is 2.58 bits per heavy atom. The van der Waals surface area contributed by atoms with Gasteiger partial charge in [0.2, 0.25) is 0 Å². The third kappa shape index (κ3) is 2.93. The fourth-order valence-electron chi connectivity index (χ4n) is 2.00. The van der Waals surface area contributed by atoms with E-state index in [0.29, 0.717) is 11.3 Å². The minimum Gasteiger partial charge on any atom is -0.454 e. The molecule has 0 aliphatic carbocycles. The zero-order chi connectivity index (χ0) is 13.8. The largest absolute Gasteiger partial charge is 0.454 e. The summed E-state index contributed by atoms with van der Waals surface area (Å²) >= 11 is 0. The summed E-state index contributed by atoms with van der Waals surface area (Å²) in [4.78, 5) is 0. The van der Waals surface area contributed by atoms with Crippen molar-refractivity contribution >= 4 is 0 Å². The van der Waals surface area contributed by atoms with Crippen LogP contribution in [-0.2, 0) is 6.42 Å². The standard InChI is InChI=1S/C16H18FNO/c1-3-12-7-4-5-10-15(12)19-16-13(11(2)18)8-6-9-14(16)17/h4-11H,3,18H2,1-2H3. The number of aryl methyl sites for hydroxylation is 1. The lowest BCUT2D eigenvalue weighted by Gasteiger charge is -2.16. The summed E-state index contributed by atoms with van der Waals surface area (Å²) < 4.78 is 19.7. The molecule has 2 aromatic rings. The van der Waals surface area contributed by atoms with E-state index in [-0.39, 0.29) is 17.6 Å². The number of para-hydroxylation sites is 2. The van der Waals surface area contributed by atoms with Crippen LogP contribution in [0.3, 0.4) is 0 Å². The van der Waals surface area contributed by atoms with Crippen molar-refractivity contribution in [1.29, 1.82) is 0 Å². The smallest absolute Gasteiger partial charge is 0.167 e. The van der Waals surface area contributed by atoms with Crippen molar-refractivity contribution in [3.63, 3.8) is 0 Å². The van der Waals surface area contributed by atoms with Crippen molar-refractivity contribution < 1.29 is 9.13 Å². The lowest BCUT2D eigenvalue weighted by atomic mass is 10.1. The fraction of sp³-hybridized carbons (Fsp3) is 0.250. The number of nitrogens with two attached hydrogens (primary N) is 1. The lowest BCUT2D eigenvalue weighted by molar-refractivity contribution is 0.429. The molecule has 19 heavy (non-hydrogen) atoms. The normalized spacial score (nSPS) is 12.2. The number of hydrogen-bond donors (Lipinski definition) is 1. The number of hydrogen-bond acceptors (Lipinski definition) is 2. The molecule has 2 N–H and O–H groups in total. The van der Waals surface area contributed by atoms with E-state index in [1.54, 1.807) is 12.1 Å². The maximum absolute atomic E-state index is 14.0. The highest BCUT2D eigenvalue weighted by Crippen LogP contribution is 2.33. The molecule has 0 radical (unpaired) electrons. The van der Waals surface area contributed by atoms with Crippen LogP contribution in [0.15, 0.2) is 42.5 Å². The highest BCUT2D eigenvalue weighted by atomic mass is 19.1. The second kappa shape index (κ2) is 5.85. The Morgan fingerprint density at radius 1 is 1.16 bits per heavy atom. The molecule has 2 nitrogen and oxygen atoms in total. The summed E-state index contributed by atoms with van der Waals surface area (Å²) in [6.45, 7) is 3.85. The van der Waals surface area contributed by atoms with Crippen LogP contribution in [0.5, 0.6) is 11.5 Å². The zero-order valence-electron chi connectivity index (χ0n) is 11.2. The first-order valence-corrected chi connectivity index (χ1v) is 6.43. The molecule has 3 heteroatoms. The number of halogens is 1. The van der Waals surface area contributed by atoms with Gasteiger partial charge in [-0.3, -0.25) is 0 Å². The van der Waals surface area contributed by atoms with Crippen LogP contribution in [0.2, 0.25) is 0 Å². The lowest BCUT2D eigenvalue weighted by Crippen LogP contribution is -2.08. The predicted molar refractivity (Wildman–Crippen MR) is 74.9 cm³/mol. The first-order chi connectivity index (χ1) is 9.13. The van der Waals surface area contributed by atoms with Crippen LogP contribution < -0.4 is 10.5 Å². The van der Waals surface area contributed by atoms with E-state index in [9.17, 15) is 4.39 Å². The molecular formula is C16H18FNO. The van der Waals surface area contributed by atoms with Gasteiger partial charge < -0.3 is 10.5 Å². The van der Waals surface area contributed by atoms with Gasteiger partial charge in [-0.05, 0) is 31.0 Å². The summed E-state index contributed by atoms with van der Waals surface area (Å²) in [6.07, 6.45) is 0.831. The van der Waals surface area contributed by atoms with Crippen LogP contribution in [-0.4, -0.2) is 0 Å². The number of rotatable bonds is 4. The van der Waals surface area contributed by atoms with Crippen molar-refractivity contribution in [1.82, 2.24) is 0 Å². The second-order valence-corrected chi connectivity index (χ2v) is 4.51. The molecule has 0 bridgehead atoms. The molecule has 1 unspecified atom stereocenters. The molecule has 0 spiro atoms. The highest BCUT2D eigenvalue weighted by Gasteiger charge is 2.14. The van der Waals surface area contributed by atoms with Crippen molar-refractivity contribution in [3.8, 4) is 11.5 Å². The van der Waals surface area contributed by atoms with Crippen LogP contribution in [0.4, 0.5) is 4.39 Å². The Balaban J connectivity index is 2.43. The molecule has 0 fully saturated rings. The second-order valence-electron chi connectivity index (χ2n) is 4.51. The molecule has 100 valence electrons. The van der Waals surface area contributed by atoms with Crippen molar-refractivity contribution in [2.75, 3.05) is 0 Å². The molecule has 0 saturated heterocycles. The summed E-state index contributed by atoms with van der Waals surface area (Å²) in [5, 5.41) is 0. The molecular weight excluding hydrogens is 241 g/mol. The Labute approximate surface area is 113 Å². The minimum atomic E-state index is -0.388. The van der Waals surface area contributed by atoms with Crippen LogP contribution in [0, 0.1) is 5.82 Å². The van der Waals surface area contributed by atoms with Crippen molar-refractivity contribution in [2.45, 2.75) is 26.3 Å². The SMILES string of the molecule is CCc1ccccc1Oc1c(F)cccc1C(C)N. The molecule has 2 rings (SSSR count). The van der Waals surface area contributed by atoms with Crippen LogP contribution in [0.25, 0.3) is 0 Å². The van der Waals surface area contributed by atoms with Gasteiger partial charge in [-0.1, -0.05) is 37.3 Å². The van der Waals surface area contributed by atoms with Gasteiger partial charge in [0.05, 0.1) is 0 Å². The van der Waals surface area contributed by atoms with Gasteiger partial charge >= 0.3 is 0 Å². The third-order valence-corrected chi connectivity index (χ3v) is 3.05. The maximum Gasteiger partial charge on any atom is 0.167 e. The first kappa shape index (κ1) is 13.6. The first-order valence-electron chi connectivity index (χ1n) is 6.43. The third-order valence-electron chi connectivity index (χ3n) is 3.05. The van der Waals surface area contributed by atoms with Crippen LogP contribution >= 0.6 is 0 Å². The maximum atomic E-state index is 14.0. The van der Waals surface area contributed by atoms with Gasteiger partial charge in [0.1, 0.15) is 5.75 Å². The van der Waals surface area contributed by atoms with E-state index in [1.165, 1.54) is 6.07 Å². The summed E-state index contributed by atoms with van der Waals surface area (Å²) in [6, 6.07) is 12.2. The van der Waals surface area contributed by atoms with Gasteiger partial charge in [-0.2, -0.15) is 0 Å². The molecule has 0 aliphatic heterocycles. The van der Waals surface area contributed by atoms with E-state index < -0.39 is 0 Å². The van der Waals surface area contributed by atoms with E-state index in [2.05, 4.69) is 0 Å². The average Bonchev–Trinajstić information content (AvgIpc) is 2.41. The Morgan fingerprint density at radius 2 is 1.89 bits per heavy atom. The molecule has 0 amide bonds. The topological polar surface area (TPSA) is 35.2 Å². The average molecular weight is 259 g/mol. The molecule has 0 aromatic heterocycles. The van der Waals surface area contributed by atoms with Crippen molar-refractivity contribution in [2.24, 2.45) is 5.73 Å². The summed E-state index contributed by atoms with van der Waals surface area (Å²) in [7, 11) is 0. The number of ether oxygens (including phenoxy) is 1. The van der Waals surface area contributed by atoms with E-state index >= 15 is 0 Å².